The summed E-state index contributed by atoms with van der Waals surface area (Å²) in [7, 11) is 0. The summed E-state index contributed by atoms with van der Waals surface area (Å²) < 4.78 is 0. The van der Waals surface area contributed by atoms with E-state index in [0.717, 1.165) is 5.01 Å². The van der Waals surface area contributed by atoms with Gasteiger partial charge < -0.3 is 0 Å². The van der Waals surface area contributed by atoms with Crippen molar-refractivity contribution in [3.63, 3.8) is 0 Å². The molecular formula is C7H10N4OS. The van der Waals surface area contributed by atoms with Crippen LogP contribution in [-0.4, -0.2) is 16.1 Å². The number of nitrogens with zero attached hydrogens (tertiary/aromatic N) is 2. The average molecular weight is 198 g/mol. The van der Waals surface area contributed by atoms with Crippen molar-refractivity contribution in [2.45, 2.75) is 25.7 Å². The van der Waals surface area contributed by atoms with E-state index < -0.39 is 0 Å². The highest BCUT2D eigenvalue weighted by Crippen LogP contribution is 2.41. The van der Waals surface area contributed by atoms with E-state index in [2.05, 4.69) is 21.0 Å². The summed E-state index contributed by atoms with van der Waals surface area (Å²) in [5.74, 6) is 0.480. The van der Waals surface area contributed by atoms with E-state index in [1.165, 1.54) is 31.1 Å². The third-order valence-corrected chi connectivity index (χ3v) is 2.71. The molecule has 1 aromatic rings. The maximum absolute atomic E-state index is 10.6. The molecule has 1 amide bonds. The highest BCUT2D eigenvalue weighted by molar-refractivity contribution is 7.15. The predicted octanol–water partition coefficient (Wildman–Crippen LogP) is 0.878. The van der Waals surface area contributed by atoms with E-state index in [-0.39, 0.29) is 5.91 Å². The van der Waals surface area contributed by atoms with Gasteiger partial charge in [0, 0.05) is 12.8 Å². The van der Waals surface area contributed by atoms with E-state index in [1.54, 1.807) is 0 Å². The van der Waals surface area contributed by atoms with Crippen molar-refractivity contribution in [1.29, 1.82) is 0 Å². The molecule has 0 radical (unpaired) electrons. The summed E-state index contributed by atoms with van der Waals surface area (Å²) in [5.41, 5.74) is 5.15. The van der Waals surface area contributed by atoms with Gasteiger partial charge in [-0.15, -0.1) is 10.2 Å². The third-order valence-electron chi connectivity index (χ3n) is 1.71. The number of anilines is 1. The Morgan fingerprint density at radius 3 is 2.92 bits per heavy atom. The fraction of sp³-hybridized carbons (Fsp3) is 0.571. The number of aromatic nitrogens is 2. The molecule has 0 atom stereocenters. The molecule has 1 aromatic heterocycles. The average Bonchev–Trinajstić information content (AvgIpc) is 2.83. The van der Waals surface area contributed by atoms with Gasteiger partial charge in [0.25, 0.3) is 0 Å². The molecule has 1 saturated carbocycles. The van der Waals surface area contributed by atoms with Crippen molar-refractivity contribution in [3.05, 3.63) is 5.01 Å². The second-order valence-electron chi connectivity index (χ2n) is 3.03. The lowest BCUT2D eigenvalue weighted by Crippen LogP contribution is -2.26. The van der Waals surface area contributed by atoms with Gasteiger partial charge >= 0.3 is 0 Å². The van der Waals surface area contributed by atoms with Gasteiger partial charge in [0.1, 0.15) is 5.01 Å². The van der Waals surface area contributed by atoms with Crippen molar-refractivity contribution in [3.8, 4) is 0 Å². The summed E-state index contributed by atoms with van der Waals surface area (Å²) in [6, 6.07) is 0. The Bertz CT molecular complexity index is 320. The number of rotatable bonds is 3. The minimum absolute atomic E-state index is 0.136. The van der Waals surface area contributed by atoms with Gasteiger partial charge in [-0.05, 0) is 12.8 Å². The van der Waals surface area contributed by atoms with Crippen LogP contribution in [0.15, 0.2) is 0 Å². The molecule has 2 rings (SSSR count). The lowest BCUT2D eigenvalue weighted by Gasteiger charge is -1.98. The molecule has 0 saturated heterocycles. The lowest BCUT2D eigenvalue weighted by atomic mass is 10.5. The third kappa shape index (κ3) is 2.15. The van der Waals surface area contributed by atoms with Gasteiger partial charge in [-0.25, -0.2) is 0 Å². The zero-order chi connectivity index (χ0) is 9.26. The molecule has 6 heteroatoms. The van der Waals surface area contributed by atoms with E-state index in [4.69, 9.17) is 0 Å². The van der Waals surface area contributed by atoms with Crippen LogP contribution in [0.1, 0.15) is 30.7 Å². The largest absolute Gasteiger partial charge is 0.274 e. The molecule has 70 valence electrons. The normalized spacial score (nSPS) is 15.5. The molecule has 0 bridgehead atoms. The van der Waals surface area contributed by atoms with Crippen LogP contribution in [0.4, 0.5) is 5.13 Å². The van der Waals surface area contributed by atoms with Gasteiger partial charge in [-0.2, -0.15) is 0 Å². The molecule has 2 N–H and O–H groups in total. The molecule has 1 aliphatic carbocycles. The summed E-state index contributed by atoms with van der Waals surface area (Å²) in [5, 5.41) is 9.62. The minimum atomic E-state index is -0.136. The van der Waals surface area contributed by atoms with Crippen LogP contribution in [-0.2, 0) is 4.79 Å². The van der Waals surface area contributed by atoms with Crippen molar-refractivity contribution < 1.29 is 4.79 Å². The summed E-state index contributed by atoms with van der Waals surface area (Å²) in [6.07, 6.45) is 2.43. The van der Waals surface area contributed by atoms with E-state index >= 15 is 0 Å². The summed E-state index contributed by atoms with van der Waals surface area (Å²) in [4.78, 5) is 10.6. The van der Waals surface area contributed by atoms with E-state index in [0.29, 0.717) is 11.0 Å². The molecule has 0 spiro atoms. The van der Waals surface area contributed by atoms with Crippen molar-refractivity contribution >= 4 is 22.4 Å². The summed E-state index contributed by atoms with van der Waals surface area (Å²) >= 11 is 1.50. The van der Waals surface area contributed by atoms with Crippen LogP contribution in [0.5, 0.6) is 0 Å². The smallest absolute Gasteiger partial charge is 0.235 e. The van der Waals surface area contributed by atoms with Crippen LogP contribution in [0, 0.1) is 0 Å². The lowest BCUT2D eigenvalue weighted by molar-refractivity contribution is -0.118. The first-order chi connectivity index (χ1) is 6.25. The van der Waals surface area contributed by atoms with Crippen molar-refractivity contribution in [2.75, 3.05) is 5.43 Å². The topological polar surface area (TPSA) is 66.9 Å². The fourth-order valence-corrected chi connectivity index (χ4v) is 1.79. The fourth-order valence-electron chi connectivity index (χ4n) is 0.922. The Morgan fingerprint density at radius 1 is 1.54 bits per heavy atom. The van der Waals surface area contributed by atoms with Gasteiger partial charge in [-0.1, -0.05) is 11.3 Å². The van der Waals surface area contributed by atoms with Gasteiger partial charge in [0.2, 0.25) is 11.0 Å². The van der Waals surface area contributed by atoms with Crippen LogP contribution >= 0.6 is 11.3 Å². The quantitative estimate of drug-likeness (QED) is 0.707. The second-order valence-corrected chi connectivity index (χ2v) is 4.04. The van der Waals surface area contributed by atoms with Crippen molar-refractivity contribution in [2.24, 2.45) is 0 Å². The van der Waals surface area contributed by atoms with Crippen LogP contribution < -0.4 is 10.9 Å². The Hall–Kier alpha value is -1.17. The molecule has 1 aliphatic rings. The molecule has 5 nitrogen and oxygen atoms in total. The van der Waals surface area contributed by atoms with Gasteiger partial charge in [0.05, 0.1) is 0 Å². The zero-order valence-corrected chi connectivity index (χ0v) is 8.02. The molecular weight excluding hydrogens is 188 g/mol. The van der Waals surface area contributed by atoms with Gasteiger partial charge in [0.15, 0.2) is 0 Å². The SMILES string of the molecule is CC(=O)NNc1nnc(C2CC2)s1. The number of amides is 1. The van der Waals surface area contributed by atoms with E-state index in [1.807, 2.05) is 0 Å². The standard InChI is InChI=1S/C7H10N4OS/c1-4(12)8-10-7-11-9-6(13-7)5-2-3-5/h5H,2-3H2,1H3,(H,8,12)(H,10,11). The number of nitrogens with one attached hydrogen (secondary N) is 2. The maximum Gasteiger partial charge on any atom is 0.235 e. The number of hydrazine groups is 1. The number of carbonyl (C=O) groups is 1. The number of carbonyl (C=O) groups excluding carboxylic acids is 1. The molecule has 1 heterocycles. The predicted molar refractivity (Wildman–Crippen MR) is 49.3 cm³/mol. The first kappa shape index (κ1) is 8.43. The summed E-state index contributed by atoms with van der Waals surface area (Å²) in [6.45, 7) is 1.44. The Balaban J connectivity index is 1.92. The molecule has 1 fully saturated rings. The molecule has 0 aromatic carbocycles. The van der Waals surface area contributed by atoms with Crippen LogP contribution in [0.25, 0.3) is 0 Å². The molecule has 0 aliphatic heterocycles. The Morgan fingerprint density at radius 2 is 2.31 bits per heavy atom. The Kier molecular flexibility index (Phi) is 2.13. The minimum Gasteiger partial charge on any atom is -0.274 e. The number of hydrogen-bond acceptors (Lipinski definition) is 5. The number of hydrogen-bond donors (Lipinski definition) is 2. The molecule has 13 heavy (non-hydrogen) atoms. The van der Waals surface area contributed by atoms with Crippen LogP contribution in [0.2, 0.25) is 0 Å². The van der Waals surface area contributed by atoms with Crippen molar-refractivity contribution in [1.82, 2.24) is 15.6 Å². The first-order valence-electron chi connectivity index (χ1n) is 4.11. The Labute approximate surface area is 79.5 Å². The van der Waals surface area contributed by atoms with Gasteiger partial charge in [-0.3, -0.25) is 15.6 Å². The molecule has 0 unspecified atom stereocenters. The highest BCUT2D eigenvalue weighted by Gasteiger charge is 2.27. The van der Waals surface area contributed by atoms with E-state index in [9.17, 15) is 4.79 Å². The zero-order valence-electron chi connectivity index (χ0n) is 7.20. The monoisotopic (exact) mass is 198 g/mol. The maximum atomic E-state index is 10.6. The second kappa shape index (κ2) is 3.29. The van der Waals surface area contributed by atoms with Crippen LogP contribution in [0.3, 0.4) is 0 Å². The highest BCUT2D eigenvalue weighted by atomic mass is 32.1. The first-order valence-corrected chi connectivity index (χ1v) is 4.93.